The number of hydrogen-bond acceptors (Lipinski definition) is 6. The summed E-state index contributed by atoms with van der Waals surface area (Å²) in [5.74, 6) is 0.185. The SMILES string of the molecule is C[C@@H]1C[C@H](NC(=O)OC(C)(C)C)CN(c2cc(CF)ncc2[N+](=O)[O-])C1. The number of nitrogens with zero attached hydrogens (tertiary/aromatic N) is 3. The number of hydrogen-bond donors (Lipinski definition) is 1. The lowest BCUT2D eigenvalue weighted by molar-refractivity contribution is -0.384. The van der Waals surface area contributed by atoms with E-state index in [4.69, 9.17) is 4.74 Å². The zero-order valence-corrected chi connectivity index (χ0v) is 15.5. The maximum atomic E-state index is 13.0. The van der Waals surface area contributed by atoms with Gasteiger partial charge in [0, 0.05) is 19.1 Å². The summed E-state index contributed by atoms with van der Waals surface area (Å²) in [7, 11) is 0. The number of aromatic nitrogens is 1. The molecule has 1 N–H and O–H groups in total. The molecule has 1 fully saturated rings. The standard InChI is InChI=1S/C17H25FN4O4/c1-11-5-13(20-16(23)26-17(2,3)4)10-21(9-11)14-6-12(7-18)19-8-15(14)22(24)25/h6,8,11,13H,5,7,9-10H2,1-4H3,(H,20,23)/t11-,13+/m1/s1. The Morgan fingerprint density at radius 2 is 2.19 bits per heavy atom. The molecule has 1 amide bonds. The second kappa shape index (κ2) is 7.84. The minimum atomic E-state index is -0.798. The number of rotatable bonds is 4. The number of nitro groups is 1. The molecule has 0 bridgehead atoms. The number of ether oxygens (including phenoxy) is 1. The van der Waals surface area contributed by atoms with Gasteiger partial charge >= 0.3 is 11.8 Å². The van der Waals surface area contributed by atoms with Crippen LogP contribution in [-0.2, 0) is 11.4 Å². The number of anilines is 1. The summed E-state index contributed by atoms with van der Waals surface area (Å²) in [5.41, 5.74) is -0.322. The Labute approximate surface area is 151 Å². The van der Waals surface area contributed by atoms with Crippen LogP contribution in [0.3, 0.4) is 0 Å². The van der Waals surface area contributed by atoms with Crippen LogP contribution >= 0.6 is 0 Å². The molecule has 0 spiro atoms. The van der Waals surface area contributed by atoms with Gasteiger partial charge in [-0.3, -0.25) is 15.1 Å². The van der Waals surface area contributed by atoms with Gasteiger partial charge in [0.2, 0.25) is 0 Å². The normalized spacial score (nSPS) is 20.6. The van der Waals surface area contributed by atoms with Crippen molar-refractivity contribution in [1.29, 1.82) is 0 Å². The average Bonchev–Trinajstić information content (AvgIpc) is 2.51. The molecule has 1 aliphatic rings. The van der Waals surface area contributed by atoms with Crippen LogP contribution in [-0.4, -0.2) is 40.7 Å². The molecule has 1 saturated heterocycles. The molecular formula is C17H25FN4O4. The van der Waals surface area contributed by atoms with Crippen LogP contribution in [0.4, 0.5) is 20.6 Å². The molecule has 0 unspecified atom stereocenters. The second-order valence-electron chi connectivity index (χ2n) is 7.64. The van der Waals surface area contributed by atoms with Crippen molar-refractivity contribution in [3.8, 4) is 0 Å². The topological polar surface area (TPSA) is 97.6 Å². The van der Waals surface area contributed by atoms with Gasteiger partial charge in [0.1, 0.15) is 24.2 Å². The third-order valence-electron chi connectivity index (χ3n) is 3.97. The number of carbonyl (C=O) groups is 1. The first-order valence-corrected chi connectivity index (χ1v) is 8.52. The van der Waals surface area contributed by atoms with E-state index in [0.29, 0.717) is 18.8 Å². The Bertz CT molecular complexity index is 677. The fourth-order valence-corrected chi connectivity index (χ4v) is 3.07. The Morgan fingerprint density at radius 1 is 1.50 bits per heavy atom. The molecule has 144 valence electrons. The summed E-state index contributed by atoms with van der Waals surface area (Å²) in [6.45, 7) is 7.49. The van der Waals surface area contributed by atoms with E-state index in [1.807, 2.05) is 6.92 Å². The van der Waals surface area contributed by atoms with Gasteiger partial charge in [-0.25, -0.2) is 9.18 Å². The first-order chi connectivity index (χ1) is 12.1. The number of nitrogens with one attached hydrogen (secondary N) is 1. The maximum absolute atomic E-state index is 13.0. The molecule has 0 saturated carbocycles. The van der Waals surface area contributed by atoms with E-state index in [0.717, 1.165) is 12.6 Å². The summed E-state index contributed by atoms with van der Waals surface area (Å²) in [5, 5.41) is 14.1. The first-order valence-electron chi connectivity index (χ1n) is 8.52. The Kier molecular flexibility index (Phi) is 5.99. The van der Waals surface area contributed by atoms with E-state index in [1.54, 1.807) is 25.7 Å². The molecule has 2 heterocycles. The zero-order valence-electron chi connectivity index (χ0n) is 15.5. The van der Waals surface area contributed by atoms with Crippen molar-refractivity contribution in [3.63, 3.8) is 0 Å². The first kappa shape index (κ1) is 19.9. The average molecular weight is 368 g/mol. The maximum Gasteiger partial charge on any atom is 0.407 e. The number of carbonyl (C=O) groups excluding carboxylic acids is 1. The van der Waals surface area contributed by atoms with Crippen LogP contribution in [0, 0.1) is 16.0 Å². The molecule has 0 radical (unpaired) electrons. The molecule has 1 aromatic heterocycles. The van der Waals surface area contributed by atoms with Crippen LogP contribution in [0.5, 0.6) is 0 Å². The van der Waals surface area contributed by atoms with Gasteiger partial charge in [-0.05, 0) is 39.2 Å². The van der Waals surface area contributed by atoms with Crippen molar-refractivity contribution in [1.82, 2.24) is 10.3 Å². The molecule has 8 nitrogen and oxygen atoms in total. The number of piperidine rings is 1. The van der Waals surface area contributed by atoms with Crippen molar-refractivity contribution in [2.45, 2.75) is 52.4 Å². The molecular weight excluding hydrogens is 343 g/mol. The monoisotopic (exact) mass is 368 g/mol. The van der Waals surface area contributed by atoms with Crippen LogP contribution < -0.4 is 10.2 Å². The highest BCUT2D eigenvalue weighted by Crippen LogP contribution is 2.32. The van der Waals surface area contributed by atoms with Gasteiger partial charge in [0.15, 0.2) is 0 Å². The van der Waals surface area contributed by atoms with Gasteiger partial charge in [0.05, 0.1) is 10.6 Å². The molecule has 1 aromatic rings. The van der Waals surface area contributed by atoms with E-state index < -0.39 is 23.3 Å². The lowest BCUT2D eigenvalue weighted by Crippen LogP contribution is -2.51. The minimum absolute atomic E-state index is 0.139. The highest BCUT2D eigenvalue weighted by molar-refractivity contribution is 5.68. The second-order valence-corrected chi connectivity index (χ2v) is 7.64. The van der Waals surface area contributed by atoms with E-state index in [9.17, 15) is 19.3 Å². The third-order valence-corrected chi connectivity index (χ3v) is 3.97. The van der Waals surface area contributed by atoms with Crippen LogP contribution in [0.2, 0.25) is 0 Å². The van der Waals surface area contributed by atoms with Gasteiger partial charge in [0.25, 0.3) is 0 Å². The molecule has 9 heteroatoms. The lowest BCUT2D eigenvalue weighted by Gasteiger charge is -2.38. The highest BCUT2D eigenvalue weighted by atomic mass is 19.1. The van der Waals surface area contributed by atoms with E-state index in [1.165, 1.54) is 6.07 Å². The molecule has 1 aliphatic heterocycles. The van der Waals surface area contributed by atoms with Crippen molar-refractivity contribution < 1.29 is 18.8 Å². The number of alkyl halides is 1. The number of amides is 1. The third kappa shape index (κ3) is 5.27. The molecule has 2 atom stereocenters. The van der Waals surface area contributed by atoms with Gasteiger partial charge in [-0.15, -0.1) is 0 Å². The van der Waals surface area contributed by atoms with Crippen LogP contribution in [0.15, 0.2) is 12.3 Å². The smallest absolute Gasteiger partial charge is 0.407 e. The predicted octanol–water partition coefficient (Wildman–Crippen LogP) is 3.20. The lowest BCUT2D eigenvalue weighted by atomic mass is 9.95. The fourth-order valence-electron chi connectivity index (χ4n) is 3.07. The summed E-state index contributed by atoms with van der Waals surface area (Å²) >= 11 is 0. The summed E-state index contributed by atoms with van der Waals surface area (Å²) in [6, 6.07) is 1.18. The van der Waals surface area contributed by atoms with Gasteiger partial charge < -0.3 is 15.0 Å². The molecule has 0 aromatic carbocycles. The summed E-state index contributed by atoms with van der Waals surface area (Å²) < 4.78 is 18.2. The largest absolute Gasteiger partial charge is 0.444 e. The van der Waals surface area contributed by atoms with Crippen LogP contribution in [0.1, 0.15) is 39.8 Å². The van der Waals surface area contributed by atoms with E-state index >= 15 is 0 Å². The van der Waals surface area contributed by atoms with Crippen molar-refractivity contribution >= 4 is 17.5 Å². The van der Waals surface area contributed by atoms with Crippen LogP contribution in [0.25, 0.3) is 0 Å². The number of halogens is 1. The minimum Gasteiger partial charge on any atom is -0.444 e. The van der Waals surface area contributed by atoms with Gasteiger partial charge in [-0.1, -0.05) is 6.92 Å². The van der Waals surface area contributed by atoms with E-state index in [2.05, 4.69) is 10.3 Å². The molecule has 2 rings (SSSR count). The van der Waals surface area contributed by atoms with E-state index in [-0.39, 0.29) is 23.3 Å². The highest BCUT2D eigenvalue weighted by Gasteiger charge is 2.31. The predicted molar refractivity (Wildman–Crippen MR) is 94.9 cm³/mol. The number of pyridine rings is 1. The number of alkyl carbamates (subject to hydrolysis) is 1. The molecule has 26 heavy (non-hydrogen) atoms. The zero-order chi connectivity index (χ0) is 19.5. The molecule has 0 aliphatic carbocycles. The van der Waals surface area contributed by atoms with Gasteiger partial charge in [-0.2, -0.15) is 0 Å². The summed E-state index contributed by atoms with van der Waals surface area (Å²) in [6.07, 6.45) is 1.29. The summed E-state index contributed by atoms with van der Waals surface area (Å²) in [4.78, 5) is 28.4. The van der Waals surface area contributed by atoms with Crippen molar-refractivity contribution in [2.75, 3.05) is 18.0 Å². The van der Waals surface area contributed by atoms with Crippen molar-refractivity contribution in [2.24, 2.45) is 5.92 Å². The Balaban J connectivity index is 2.20. The fraction of sp³-hybridized carbons (Fsp3) is 0.647. The Hall–Kier alpha value is -2.45. The quantitative estimate of drug-likeness (QED) is 0.647. The van der Waals surface area contributed by atoms with Crippen molar-refractivity contribution in [3.05, 3.63) is 28.1 Å². The Morgan fingerprint density at radius 3 is 2.77 bits per heavy atom.